The number of aromatic nitrogens is 1. The number of piperazine rings is 1. The highest BCUT2D eigenvalue weighted by Crippen LogP contribution is 2.16. The fourth-order valence-corrected chi connectivity index (χ4v) is 3.22. The molecule has 1 aromatic carbocycles. The first-order chi connectivity index (χ1) is 13.0. The molecule has 7 nitrogen and oxygen atoms in total. The number of carbonyl (C=O) groups excluding carboxylic acids is 1. The molecule has 0 radical (unpaired) electrons. The average Bonchev–Trinajstić information content (AvgIpc) is 2.69. The van der Waals surface area contributed by atoms with Crippen LogP contribution in [0.1, 0.15) is 11.1 Å². The van der Waals surface area contributed by atoms with Crippen LogP contribution in [-0.2, 0) is 17.8 Å². The molecule has 1 aliphatic heterocycles. The Bertz CT molecular complexity index is 858. The van der Waals surface area contributed by atoms with Gasteiger partial charge in [0.2, 0.25) is 0 Å². The lowest BCUT2D eigenvalue weighted by Crippen LogP contribution is -2.48. The monoisotopic (exact) mass is 391 g/mol. The zero-order valence-electron chi connectivity index (χ0n) is 15.1. The lowest BCUT2D eigenvalue weighted by atomic mass is 10.2. The van der Waals surface area contributed by atoms with Crippen molar-refractivity contribution in [1.29, 1.82) is 0 Å². The van der Waals surface area contributed by atoms with Crippen molar-refractivity contribution in [3.8, 4) is 5.75 Å². The largest absolute Gasteiger partial charge is 0.503 e. The number of carbonyl (C=O) groups is 1. The van der Waals surface area contributed by atoms with Gasteiger partial charge in [0, 0.05) is 49.5 Å². The minimum absolute atomic E-state index is 0.234. The van der Waals surface area contributed by atoms with Crippen LogP contribution in [0.15, 0.2) is 41.3 Å². The summed E-state index contributed by atoms with van der Waals surface area (Å²) >= 11 is 5.88. The summed E-state index contributed by atoms with van der Waals surface area (Å²) in [4.78, 5) is 27.7. The normalized spacial score (nSPS) is 15.0. The summed E-state index contributed by atoms with van der Waals surface area (Å²) in [6.45, 7) is 3.24. The number of halogens is 1. The molecular weight excluding hydrogens is 370 g/mol. The second kappa shape index (κ2) is 8.45. The second-order valence-electron chi connectivity index (χ2n) is 6.48. The predicted octanol–water partition coefficient (Wildman–Crippen LogP) is 2.14. The number of ether oxygens (including phenoxy) is 1. The molecule has 3 rings (SSSR count). The molecule has 0 bridgehead atoms. The van der Waals surface area contributed by atoms with Crippen LogP contribution in [0.3, 0.4) is 0 Å². The molecule has 0 atom stereocenters. The molecule has 1 saturated heterocycles. The highest BCUT2D eigenvalue weighted by atomic mass is 35.5. The molecule has 0 saturated carbocycles. The molecule has 1 aromatic heterocycles. The molecule has 1 aliphatic rings. The SMILES string of the molecule is COC(=O)N1CCN(Cc2ccn(Cc3ccc(Cl)cc3)c(=O)c2O)CC1. The van der Waals surface area contributed by atoms with Crippen molar-refractivity contribution in [2.24, 2.45) is 0 Å². The van der Waals surface area contributed by atoms with E-state index >= 15 is 0 Å². The molecule has 1 N–H and O–H groups in total. The third-order valence-corrected chi connectivity index (χ3v) is 4.94. The lowest BCUT2D eigenvalue weighted by molar-refractivity contribution is 0.0885. The van der Waals surface area contributed by atoms with E-state index < -0.39 is 5.56 Å². The summed E-state index contributed by atoms with van der Waals surface area (Å²) in [6, 6.07) is 8.99. The third kappa shape index (κ3) is 4.61. The maximum Gasteiger partial charge on any atom is 0.409 e. The van der Waals surface area contributed by atoms with Crippen LogP contribution >= 0.6 is 11.6 Å². The highest BCUT2D eigenvalue weighted by molar-refractivity contribution is 6.30. The summed E-state index contributed by atoms with van der Waals surface area (Å²) in [6.07, 6.45) is 1.36. The molecule has 8 heteroatoms. The number of nitrogens with zero attached hydrogens (tertiary/aromatic N) is 3. The molecule has 0 spiro atoms. The Morgan fingerprint density at radius 2 is 1.78 bits per heavy atom. The van der Waals surface area contributed by atoms with Gasteiger partial charge in [0.25, 0.3) is 5.56 Å². The Balaban J connectivity index is 1.66. The van der Waals surface area contributed by atoms with Crippen LogP contribution in [0.4, 0.5) is 4.79 Å². The molecule has 2 aromatic rings. The number of amides is 1. The quantitative estimate of drug-likeness (QED) is 0.864. The molecule has 27 heavy (non-hydrogen) atoms. The van der Waals surface area contributed by atoms with E-state index in [9.17, 15) is 14.7 Å². The lowest BCUT2D eigenvalue weighted by Gasteiger charge is -2.33. The van der Waals surface area contributed by atoms with Crippen LogP contribution in [0.25, 0.3) is 0 Å². The maximum atomic E-state index is 12.5. The van der Waals surface area contributed by atoms with Gasteiger partial charge in [-0.2, -0.15) is 0 Å². The maximum absolute atomic E-state index is 12.5. The van der Waals surface area contributed by atoms with E-state index in [4.69, 9.17) is 16.3 Å². The van der Waals surface area contributed by atoms with Gasteiger partial charge in [-0.05, 0) is 23.8 Å². The minimum atomic E-state index is -0.421. The van der Waals surface area contributed by atoms with Crippen molar-refractivity contribution >= 4 is 17.7 Å². The van der Waals surface area contributed by atoms with E-state index in [-0.39, 0.29) is 11.8 Å². The predicted molar refractivity (Wildman–Crippen MR) is 102 cm³/mol. The molecule has 0 aliphatic carbocycles. The fourth-order valence-electron chi connectivity index (χ4n) is 3.10. The van der Waals surface area contributed by atoms with E-state index in [1.165, 1.54) is 11.7 Å². The summed E-state index contributed by atoms with van der Waals surface area (Å²) in [5.41, 5.74) is 1.09. The van der Waals surface area contributed by atoms with Crippen LogP contribution in [-0.4, -0.2) is 58.9 Å². The Labute approximate surface area is 162 Å². The van der Waals surface area contributed by atoms with E-state index in [0.29, 0.717) is 49.9 Å². The van der Waals surface area contributed by atoms with E-state index in [0.717, 1.165) is 5.56 Å². The Morgan fingerprint density at radius 3 is 2.41 bits per heavy atom. The number of pyridine rings is 1. The zero-order valence-corrected chi connectivity index (χ0v) is 15.9. The standard InChI is InChI=1S/C19H22ClN3O4/c1-27-19(26)22-10-8-21(9-11-22)13-15-6-7-23(18(25)17(15)24)12-14-2-4-16(20)5-3-14/h2-7,24H,8-13H2,1H3. The first kappa shape index (κ1) is 19.3. The average molecular weight is 392 g/mol. The number of benzene rings is 1. The van der Waals surface area contributed by atoms with Crippen LogP contribution in [0.5, 0.6) is 5.75 Å². The smallest absolute Gasteiger partial charge is 0.409 e. The van der Waals surface area contributed by atoms with Crippen molar-refractivity contribution in [3.63, 3.8) is 0 Å². The summed E-state index contributed by atoms with van der Waals surface area (Å²) in [5.74, 6) is -0.234. The van der Waals surface area contributed by atoms with Gasteiger partial charge >= 0.3 is 6.09 Å². The van der Waals surface area contributed by atoms with Gasteiger partial charge in [-0.15, -0.1) is 0 Å². The van der Waals surface area contributed by atoms with Crippen molar-refractivity contribution in [2.75, 3.05) is 33.3 Å². The number of hydrogen-bond donors (Lipinski definition) is 1. The summed E-state index contributed by atoms with van der Waals surface area (Å²) < 4.78 is 6.19. The highest BCUT2D eigenvalue weighted by Gasteiger charge is 2.22. The van der Waals surface area contributed by atoms with Crippen LogP contribution in [0, 0.1) is 0 Å². The fraction of sp³-hybridized carbons (Fsp3) is 0.368. The summed E-state index contributed by atoms with van der Waals surface area (Å²) in [7, 11) is 1.37. The molecule has 1 fully saturated rings. The van der Waals surface area contributed by atoms with Gasteiger partial charge in [-0.1, -0.05) is 23.7 Å². The summed E-state index contributed by atoms with van der Waals surface area (Å²) in [5, 5.41) is 11.0. The van der Waals surface area contributed by atoms with Crippen molar-refractivity contribution in [1.82, 2.24) is 14.4 Å². The first-order valence-corrected chi connectivity index (χ1v) is 9.06. The van der Waals surface area contributed by atoms with E-state index in [1.807, 2.05) is 12.1 Å². The van der Waals surface area contributed by atoms with Crippen LogP contribution in [0.2, 0.25) is 5.02 Å². The number of rotatable bonds is 4. The molecular formula is C19H22ClN3O4. The third-order valence-electron chi connectivity index (χ3n) is 4.69. The van der Waals surface area contributed by atoms with Gasteiger partial charge in [-0.3, -0.25) is 9.69 Å². The van der Waals surface area contributed by atoms with E-state index in [2.05, 4.69) is 4.90 Å². The van der Waals surface area contributed by atoms with Gasteiger partial charge in [0.15, 0.2) is 5.75 Å². The number of aromatic hydroxyl groups is 1. The van der Waals surface area contributed by atoms with Crippen molar-refractivity contribution in [2.45, 2.75) is 13.1 Å². The van der Waals surface area contributed by atoms with E-state index in [1.54, 1.807) is 29.3 Å². The molecule has 0 unspecified atom stereocenters. The van der Waals surface area contributed by atoms with Crippen LogP contribution < -0.4 is 5.56 Å². The van der Waals surface area contributed by atoms with Gasteiger partial charge in [0.1, 0.15) is 0 Å². The van der Waals surface area contributed by atoms with Gasteiger partial charge in [0.05, 0.1) is 13.7 Å². The molecule has 144 valence electrons. The van der Waals surface area contributed by atoms with Gasteiger partial charge in [-0.25, -0.2) is 4.79 Å². The number of hydrogen-bond acceptors (Lipinski definition) is 5. The molecule has 2 heterocycles. The van der Waals surface area contributed by atoms with Crippen molar-refractivity contribution in [3.05, 3.63) is 63.0 Å². The minimum Gasteiger partial charge on any atom is -0.503 e. The Morgan fingerprint density at radius 1 is 1.11 bits per heavy atom. The first-order valence-electron chi connectivity index (χ1n) is 8.69. The topological polar surface area (TPSA) is 75.0 Å². The Hall–Kier alpha value is -2.51. The second-order valence-corrected chi connectivity index (χ2v) is 6.92. The molecule has 1 amide bonds. The Kier molecular flexibility index (Phi) is 6.03. The van der Waals surface area contributed by atoms with Crippen molar-refractivity contribution < 1.29 is 14.6 Å². The van der Waals surface area contributed by atoms with Gasteiger partial charge < -0.3 is 19.3 Å². The zero-order chi connectivity index (χ0) is 19.4. The number of methoxy groups -OCH3 is 1.